The fraction of sp³-hybridized carbons (Fsp3) is 0.684. The summed E-state index contributed by atoms with van der Waals surface area (Å²) in [6.45, 7) is 6.72. The third-order valence-corrected chi connectivity index (χ3v) is 6.63. The van der Waals surface area contributed by atoms with E-state index < -0.39 is 0 Å². The summed E-state index contributed by atoms with van der Waals surface area (Å²) in [6, 6.07) is 6.33. The molecular formula is C19H28N4O2S. The van der Waals surface area contributed by atoms with Gasteiger partial charge in [0, 0.05) is 39.4 Å². The Hall–Kier alpha value is -1.12. The molecule has 0 aliphatic carbocycles. The SMILES string of the molecule is OCC1CCN(C[C@@H]2CN(Cc3ccc4nsnc4c3)C[C@@H]2CO)CC1. The zero-order chi connectivity index (χ0) is 17.9. The molecule has 2 aliphatic heterocycles. The average molecular weight is 377 g/mol. The van der Waals surface area contributed by atoms with Crippen LogP contribution in [0.1, 0.15) is 18.4 Å². The Morgan fingerprint density at radius 2 is 1.73 bits per heavy atom. The standard InChI is InChI=1S/C19H28N4O2S/c24-12-14-3-5-22(6-4-14)9-16-10-23(11-17(16)13-25)8-15-1-2-18-19(7-15)21-26-20-18/h1-2,7,14,16-17,24-25H,3-6,8-13H2/t16-,17-/m1/s1. The van der Waals surface area contributed by atoms with Gasteiger partial charge in [0.25, 0.3) is 0 Å². The van der Waals surface area contributed by atoms with E-state index in [1.807, 2.05) is 0 Å². The number of aliphatic hydroxyl groups is 2. The number of hydrogen-bond donors (Lipinski definition) is 2. The molecule has 2 aromatic rings. The summed E-state index contributed by atoms with van der Waals surface area (Å²) in [6.07, 6.45) is 2.19. The van der Waals surface area contributed by atoms with Gasteiger partial charge in [-0.3, -0.25) is 4.90 Å². The molecule has 26 heavy (non-hydrogen) atoms. The van der Waals surface area contributed by atoms with Gasteiger partial charge in [-0.2, -0.15) is 8.75 Å². The highest BCUT2D eigenvalue weighted by atomic mass is 32.1. The van der Waals surface area contributed by atoms with Crippen molar-refractivity contribution in [2.45, 2.75) is 19.4 Å². The van der Waals surface area contributed by atoms with E-state index in [1.165, 1.54) is 17.3 Å². The maximum atomic E-state index is 9.85. The van der Waals surface area contributed by atoms with Crippen LogP contribution in [0.3, 0.4) is 0 Å². The molecule has 1 aromatic carbocycles. The van der Waals surface area contributed by atoms with Crippen molar-refractivity contribution in [1.29, 1.82) is 0 Å². The van der Waals surface area contributed by atoms with Crippen molar-refractivity contribution in [3.63, 3.8) is 0 Å². The van der Waals surface area contributed by atoms with Crippen molar-refractivity contribution in [2.24, 2.45) is 17.8 Å². The molecule has 142 valence electrons. The molecular weight excluding hydrogens is 348 g/mol. The first-order valence-electron chi connectivity index (χ1n) is 9.62. The van der Waals surface area contributed by atoms with Crippen molar-refractivity contribution in [3.8, 4) is 0 Å². The highest BCUT2D eigenvalue weighted by Crippen LogP contribution is 2.28. The summed E-state index contributed by atoms with van der Waals surface area (Å²) in [7, 11) is 0. The van der Waals surface area contributed by atoms with Gasteiger partial charge in [-0.25, -0.2) is 0 Å². The van der Waals surface area contributed by atoms with E-state index in [2.05, 4.69) is 36.7 Å². The van der Waals surface area contributed by atoms with Gasteiger partial charge in [0.1, 0.15) is 11.0 Å². The van der Waals surface area contributed by atoms with Gasteiger partial charge in [0.2, 0.25) is 0 Å². The van der Waals surface area contributed by atoms with Gasteiger partial charge in [-0.1, -0.05) is 6.07 Å². The van der Waals surface area contributed by atoms with Crippen LogP contribution >= 0.6 is 11.7 Å². The summed E-state index contributed by atoms with van der Waals surface area (Å²) in [5.74, 6) is 1.36. The predicted octanol–water partition coefficient (Wildman–Crippen LogP) is 1.44. The summed E-state index contributed by atoms with van der Waals surface area (Å²) >= 11 is 1.26. The minimum Gasteiger partial charge on any atom is -0.396 e. The number of nitrogens with zero attached hydrogens (tertiary/aromatic N) is 4. The first-order valence-corrected chi connectivity index (χ1v) is 10.4. The van der Waals surface area contributed by atoms with E-state index in [-0.39, 0.29) is 6.61 Å². The number of rotatable bonds is 6. The minimum absolute atomic E-state index is 0.267. The summed E-state index contributed by atoms with van der Waals surface area (Å²) in [4.78, 5) is 4.99. The highest BCUT2D eigenvalue weighted by molar-refractivity contribution is 7.00. The molecule has 3 heterocycles. The van der Waals surface area contributed by atoms with Gasteiger partial charge in [0.15, 0.2) is 0 Å². The first-order chi connectivity index (χ1) is 12.7. The van der Waals surface area contributed by atoms with Crippen molar-refractivity contribution < 1.29 is 10.2 Å². The van der Waals surface area contributed by atoms with Gasteiger partial charge in [0.05, 0.1) is 11.7 Å². The van der Waals surface area contributed by atoms with Crippen LogP contribution in [0.5, 0.6) is 0 Å². The Bertz CT molecular complexity index is 716. The molecule has 0 bridgehead atoms. The number of benzene rings is 1. The number of aliphatic hydroxyl groups excluding tert-OH is 2. The fourth-order valence-electron chi connectivity index (χ4n) is 4.45. The molecule has 6 nitrogen and oxygen atoms in total. The maximum absolute atomic E-state index is 9.85. The quantitative estimate of drug-likeness (QED) is 0.795. The van der Waals surface area contributed by atoms with E-state index in [9.17, 15) is 10.2 Å². The molecule has 2 fully saturated rings. The van der Waals surface area contributed by atoms with E-state index >= 15 is 0 Å². The van der Waals surface area contributed by atoms with Gasteiger partial charge < -0.3 is 15.1 Å². The average Bonchev–Trinajstić information content (AvgIpc) is 3.28. The second-order valence-corrected chi connectivity index (χ2v) is 8.44. The Labute approximate surface area is 158 Å². The van der Waals surface area contributed by atoms with Crippen molar-refractivity contribution >= 4 is 22.8 Å². The van der Waals surface area contributed by atoms with E-state index in [0.29, 0.717) is 24.4 Å². The van der Waals surface area contributed by atoms with Crippen LogP contribution in [-0.4, -0.2) is 74.7 Å². The largest absolute Gasteiger partial charge is 0.396 e. The lowest BCUT2D eigenvalue weighted by atomic mass is 9.93. The maximum Gasteiger partial charge on any atom is 0.105 e. The molecule has 2 saturated heterocycles. The van der Waals surface area contributed by atoms with Gasteiger partial charge in [-0.05, 0) is 61.4 Å². The number of aromatic nitrogens is 2. The topological polar surface area (TPSA) is 72.7 Å². The molecule has 0 saturated carbocycles. The van der Waals surface area contributed by atoms with Crippen LogP contribution in [0.2, 0.25) is 0 Å². The van der Waals surface area contributed by atoms with Crippen LogP contribution in [-0.2, 0) is 6.54 Å². The molecule has 4 rings (SSSR count). The molecule has 7 heteroatoms. The molecule has 0 spiro atoms. The number of fused-ring (bicyclic) bond motifs is 1. The zero-order valence-electron chi connectivity index (χ0n) is 15.1. The Kier molecular flexibility index (Phi) is 5.81. The number of hydrogen-bond acceptors (Lipinski definition) is 7. The summed E-state index contributed by atoms with van der Waals surface area (Å²) in [5.41, 5.74) is 3.22. The molecule has 2 N–H and O–H groups in total. The van der Waals surface area contributed by atoms with Crippen molar-refractivity contribution in [3.05, 3.63) is 23.8 Å². The van der Waals surface area contributed by atoms with Crippen molar-refractivity contribution in [1.82, 2.24) is 18.5 Å². The first kappa shape index (κ1) is 18.3. The smallest absolute Gasteiger partial charge is 0.105 e. The van der Waals surface area contributed by atoms with Crippen LogP contribution < -0.4 is 0 Å². The third-order valence-electron chi connectivity index (χ3n) is 6.07. The Morgan fingerprint density at radius 1 is 0.962 bits per heavy atom. The normalized spacial score (nSPS) is 26.1. The van der Waals surface area contributed by atoms with E-state index in [0.717, 1.165) is 63.1 Å². The molecule has 2 aliphatic rings. The second-order valence-electron chi connectivity index (χ2n) is 7.91. The Balaban J connectivity index is 1.34. The lowest BCUT2D eigenvalue weighted by Crippen LogP contribution is -2.40. The van der Waals surface area contributed by atoms with Crippen LogP contribution in [0.25, 0.3) is 11.0 Å². The zero-order valence-corrected chi connectivity index (χ0v) is 15.9. The molecule has 0 amide bonds. The lowest BCUT2D eigenvalue weighted by molar-refractivity contribution is 0.106. The summed E-state index contributed by atoms with van der Waals surface area (Å²) in [5, 5.41) is 19.2. The third kappa shape index (κ3) is 4.07. The van der Waals surface area contributed by atoms with Gasteiger partial charge in [-0.15, -0.1) is 0 Å². The fourth-order valence-corrected chi connectivity index (χ4v) is 4.96. The molecule has 0 unspecified atom stereocenters. The highest BCUT2D eigenvalue weighted by Gasteiger charge is 2.34. The van der Waals surface area contributed by atoms with Gasteiger partial charge >= 0.3 is 0 Å². The number of likely N-dealkylation sites (tertiary alicyclic amines) is 2. The lowest BCUT2D eigenvalue weighted by Gasteiger charge is -2.33. The van der Waals surface area contributed by atoms with Crippen LogP contribution in [0.4, 0.5) is 0 Å². The molecule has 2 atom stereocenters. The minimum atomic E-state index is 0.267. The van der Waals surface area contributed by atoms with E-state index in [1.54, 1.807) is 0 Å². The second kappa shape index (κ2) is 8.27. The van der Waals surface area contributed by atoms with Crippen molar-refractivity contribution in [2.75, 3.05) is 45.9 Å². The monoisotopic (exact) mass is 376 g/mol. The van der Waals surface area contributed by atoms with Crippen LogP contribution in [0.15, 0.2) is 18.2 Å². The Morgan fingerprint density at radius 3 is 2.50 bits per heavy atom. The van der Waals surface area contributed by atoms with Crippen LogP contribution in [0, 0.1) is 17.8 Å². The van der Waals surface area contributed by atoms with E-state index in [4.69, 9.17) is 0 Å². The molecule has 1 aromatic heterocycles. The predicted molar refractivity (Wildman–Crippen MR) is 103 cm³/mol. The summed E-state index contributed by atoms with van der Waals surface area (Å²) < 4.78 is 8.61. The molecule has 0 radical (unpaired) electrons. The number of piperidine rings is 1.